The smallest absolute Gasteiger partial charge is 0.417 e. The molecule has 2 aromatic rings. The van der Waals surface area contributed by atoms with Gasteiger partial charge in [0.1, 0.15) is 11.6 Å². The van der Waals surface area contributed by atoms with E-state index in [9.17, 15) is 13.2 Å². The van der Waals surface area contributed by atoms with Gasteiger partial charge in [0, 0.05) is 6.54 Å². The Kier molecular flexibility index (Phi) is 6.98. The summed E-state index contributed by atoms with van der Waals surface area (Å²) in [6.07, 6.45) is -2.11. The van der Waals surface area contributed by atoms with Gasteiger partial charge in [0.25, 0.3) is 0 Å². The number of nitrogens with one attached hydrogen (secondary N) is 1. The Labute approximate surface area is 196 Å². The number of amidine groups is 1. The fourth-order valence-electron chi connectivity index (χ4n) is 3.87. The van der Waals surface area contributed by atoms with Crippen LogP contribution in [0.5, 0.6) is 5.75 Å². The van der Waals surface area contributed by atoms with Gasteiger partial charge in [-0.2, -0.15) is 18.4 Å². The van der Waals surface area contributed by atoms with Crippen molar-refractivity contribution in [2.24, 2.45) is 0 Å². The minimum atomic E-state index is -4.68. The van der Waals surface area contributed by atoms with Crippen LogP contribution < -0.4 is 9.64 Å². The van der Waals surface area contributed by atoms with Crippen LogP contribution in [0.2, 0.25) is 0 Å². The first-order valence-electron chi connectivity index (χ1n) is 10.5. The van der Waals surface area contributed by atoms with Crippen LogP contribution in [-0.4, -0.2) is 35.0 Å². The zero-order valence-electron chi connectivity index (χ0n) is 18.7. The molecular weight excluding hydrogens is 449 g/mol. The third-order valence-corrected chi connectivity index (χ3v) is 6.25. The van der Waals surface area contributed by atoms with Crippen LogP contribution in [-0.2, 0) is 12.6 Å². The third kappa shape index (κ3) is 4.96. The number of hydrogen-bond donors (Lipinski definition) is 1. The van der Waals surface area contributed by atoms with Crippen molar-refractivity contribution in [3.63, 3.8) is 0 Å². The average molecular weight is 475 g/mol. The quantitative estimate of drug-likeness (QED) is 0.408. The van der Waals surface area contributed by atoms with E-state index in [-0.39, 0.29) is 16.6 Å². The summed E-state index contributed by atoms with van der Waals surface area (Å²) in [7, 11) is 1.62. The summed E-state index contributed by atoms with van der Waals surface area (Å²) >= 11 is 5.59. The van der Waals surface area contributed by atoms with Crippen LogP contribution >= 0.6 is 12.2 Å². The number of nitriles is 1. The van der Waals surface area contributed by atoms with E-state index in [2.05, 4.69) is 0 Å². The molecule has 0 amide bonds. The molecule has 0 spiro atoms. The molecule has 5 nitrogen and oxygen atoms in total. The number of anilines is 1. The highest BCUT2D eigenvalue weighted by atomic mass is 32.1. The van der Waals surface area contributed by atoms with Crippen molar-refractivity contribution in [2.75, 3.05) is 18.6 Å². The average Bonchev–Trinajstić information content (AvgIpc) is 2.94. The van der Waals surface area contributed by atoms with E-state index in [1.54, 1.807) is 13.2 Å². The molecule has 3 rings (SSSR count). The number of halogens is 3. The largest absolute Gasteiger partial charge is 0.497 e. The van der Waals surface area contributed by atoms with Crippen LogP contribution in [0.4, 0.5) is 18.9 Å². The predicted octanol–water partition coefficient (Wildman–Crippen LogP) is 5.77. The Morgan fingerprint density at radius 1 is 1.12 bits per heavy atom. The Balaban J connectivity index is 1.73. The number of alkyl halides is 3. The lowest BCUT2D eigenvalue weighted by Gasteiger charge is -2.30. The van der Waals surface area contributed by atoms with E-state index in [0.717, 1.165) is 37.1 Å². The van der Waals surface area contributed by atoms with Gasteiger partial charge in [-0.05, 0) is 81.2 Å². The lowest BCUT2D eigenvalue weighted by atomic mass is 10.0. The number of aryl methyl sites for hydroxylation is 1. The molecule has 1 heterocycles. The molecule has 9 heteroatoms. The summed E-state index contributed by atoms with van der Waals surface area (Å²) in [5.41, 5.74) is -0.953. The van der Waals surface area contributed by atoms with Gasteiger partial charge in [-0.1, -0.05) is 12.1 Å². The van der Waals surface area contributed by atoms with Crippen molar-refractivity contribution in [1.82, 2.24) is 4.90 Å². The molecule has 0 unspecified atom stereocenters. The maximum atomic E-state index is 13.4. The van der Waals surface area contributed by atoms with Crippen LogP contribution in [0.15, 0.2) is 42.5 Å². The van der Waals surface area contributed by atoms with Gasteiger partial charge in [0.15, 0.2) is 5.11 Å². The van der Waals surface area contributed by atoms with Crippen LogP contribution in [0.25, 0.3) is 0 Å². The Morgan fingerprint density at radius 2 is 1.79 bits per heavy atom. The van der Waals surface area contributed by atoms with Gasteiger partial charge < -0.3 is 9.64 Å². The second kappa shape index (κ2) is 9.40. The molecule has 0 bridgehead atoms. The summed E-state index contributed by atoms with van der Waals surface area (Å²) in [5, 5.41) is 18.0. The number of thiocarbonyl (C=S) groups is 1. The van der Waals surface area contributed by atoms with Crippen LogP contribution in [0.3, 0.4) is 0 Å². The maximum Gasteiger partial charge on any atom is 0.417 e. The van der Waals surface area contributed by atoms with E-state index in [1.807, 2.05) is 43.0 Å². The summed E-state index contributed by atoms with van der Waals surface area (Å²) < 4.78 is 45.5. The van der Waals surface area contributed by atoms with Crippen LogP contribution in [0, 0.1) is 16.7 Å². The first-order chi connectivity index (χ1) is 15.5. The lowest BCUT2D eigenvalue weighted by Crippen LogP contribution is -2.44. The molecule has 0 aromatic heterocycles. The fraction of sp³-hybridized carbons (Fsp3) is 0.375. The molecule has 174 valence electrons. The number of unbranched alkanes of at least 4 members (excludes halogenated alkanes) is 1. The van der Waals surface area contributed by atoms with Gasteiger partial charge in [-0.15, -0.1) is 0 Å². The summed E-state index contributed by atoms with van der Waals surface area (Å²) in [4.78, 5) is 3.24. The fourth-order valence-corrected chi connectivity index (χ4v) is 4.38. The highest BCUT2D eigenvalue weighted by Crippen LogP contribution is 2.38. The monoisotopic (exact) mass is 474 g/mol. The van der Waals surface area contributed by atoms with Crippen molar-refractivity contribution in [2.45, 2.75) is 44.8 Å². The number of ether oxygens (including phenoxy) is 1. The van der Waals surface area contributed by atoms with Gasteiger partial charge in [-0.25, -0.2) is 0 Å². The summed E-state index contributed by atoms with van der Waals surface area (Å²) in [5.74, 6) is 0.901. The van der Waals surface area contributed by atoms with Gasteiger partial charge >= 0.3 is 6.18 Å². The molecule has 0 atom stereocenters. The summed E-state index contributed by atoms with van der Waals surface area (Å²) in [6.45, 7) is 4.24. The number of rotatable bonds is 7. The molecule has 0 aliphatic carbocycles. The Hall–Kier alpha value is -3.12. The Morgan fingerprint density at radius 3 is 2.36 bits per heavy atom. The molecular formula is C24H25F3N4OS. The topological polar surface area (TPSA) is 63.4 Å². The van der Waals surface area contributed by atoms with E-state index in [1.165, 1.54) is 16.5 Å². The highest BCUT2D eigenvalue weighted by Gasteiger charge is 2.46. The van der Waals surface area contributed by atoms with E-state index >= 15 is 0 Å². The number of nitrogens with zero attached hydrogens (tertiary/aromatic N) is 3. The molecule has 1 aliphatic rings. The van der Waals surface area contributed by atoms with E-state index < -0.39 is 22.8 Å². The van der Waals surface area contributed by atoms with E-state index in [4.69, 9.17) is 27.6 Å². The van der Waals surface area contributed by atoms with Crippen molar-refractivity contribution < 1.29 is 17.9 Å². The van der Waals surface area contributed by atoms with Crippen LogP contribution in [0.1, 0.15) is 43.4 Å². The molecule has 0 radical (unpaired) electrons. The second-order valence-electron chi connectivity index (χ2n) is 8.32. The zero-order chi connectivity index (χ0) is 24.4. The van der Waals surface area contributed by atoms with Crippen molar-refractivity contribution in [3.05, 3.63) is 59.2 Å². The lowest BCUT2D eigenvalue weighted by molar-refractivity contribution is -0.137. The maximum absolute atomic E-state index is 13.4. The number of methoxy groups -OCH3 is 1. The molecule has 1 aliphatic heterocycles. The van der Waals surface area contributed by atoms with Gasteiger partial charge in [0.2, 0.25) is 0 Å². The standard InChI is InChI=1S/C24H25F3N4OS/c1-23(2)21(29)31(18-10-9-17(15-28)20(14-18)24(25,26)27)22(33)30(23)13-5-4-6-16-7-11-19(32-3)12-8-16/h7-12,14,29H,4-6,13H2,1-3H3. The minimum absolute atomic E-state index is 0.0977. The molecule has 2 aromatic carbocycles. The van der Waals surface area contributed by atoms with E-state index in [0.29, 0.717) is 6.54 Å². The Bertz CT molecular complexity index is 1090. The number of benzene rings is 2. The molecule has 1 N–H and O–H groups in total. The highest BCUT2D eigenvalue weighted by molar-refractivity contribution is 7.80. The number of hydrogen-bond acceptors (Lipinski definition) is 4. The van der Waals surface area contributed by atoms with Gasteiger partial charge in [0.05, 0.1) is 35.5 Å². The summed E-state index contributed by atoms with van der Waals surface area (Å²) in [6, 6.07) is 12.9. The first-order valence-corrected chi connectivity index (χ1v) is 10.9. The third-order valence-electron chi connectivity index (χ3n) is 5.84. The normalized spacial score (nSPS) is 15.7. The predicted molar refractivity (Wildman–Crippen MR) is 126 cm³/mol. The first kappa shape index (κ1) is 24.5. The zero-order valence-corrected chi connectivity index (χ0v) is 19.5. The molecule has 1 fully saturated rings. The SMILES string of the molecule is COc1ccc(CCCCN2C(=S)N(c3ccc(C#N)c(C(F)(F)F)c3)C(=N)C2(C)C)cc1. The minimum Gasteiger partial charge on any atom is -0.497 e. The van der Waals surface area contributed by atoms with Crippen molar-refractivity contribution >= 4 is 28.9 Å². The van der Waals surface area contributed by atoms with Crippen molar-refractivity contribution in [1.29, 1.82) is 10.7 Å². The molecule has 33 heavy (non-hydrogen) atoms. The van der Waals surface area contributed by atoms with Gasteiger partial charge in [-0.3, -0.25) is 10.3 Å². The van der Waals surface area contributed by atoms with Crippen molar-refractivity contribution in [3.8, 4) is 11.8 Å². The molecule has 1 saturated heterocycles. The molecule has 0 saturated carbocycles. The second-order valence-corrected chi connectivity index (χ2v) is 8.69.